The lowest BCUT2D eigenvalue weighted by atomic mass is 10.1. The molecule has 0 aliphatic carbocycles. The predicted molar refractivity (Wildman–Crippen MR) is 96.6 cm³/mol. The Morgan fingerprint density at radius 3 is 2.65 bits per heavy atom. The zero-order chi connectivity index (χ0) is 18.5. The molecule has 3 aromatic rings. The Morgan fingerprint density at radius 2 is 1.92 bits per heavy atom. The zero-order valence-corrected chi connectivity index (χ0v) is 15.0. The second kappa shape index (κ2) is 6.02. The highest BCUT2D eigenvalue weighted by molar-refractivity contribution is 7.91. The highest BCUT2D eigenvalue weighted by Gasteiger charge is 2.31. The smallest absolute Gasteiger partial charge is 0.261 e. The molecule has 2 aromatic carbocycles. The average Bonchev–Trinajstić information content (AvgIpc) is 2.97. The van der Waals surface area contributed by atoms with Crippen LogP contribution in [0.3, 0.4) is 0 Å². The summed E-state index contributed by atoms with van der Waals surface area (Å²) in [6.45, 7) is 2.31. The van der Waals surface area contributed by atoms with Crippen molar-refractivity contribution in [2.75, 3.05) is 5.75 Å². The van der Waals surface area contributed by atoms with Gasteiger partial charge in [-0.1, -0.05) is 17.7 Å². The monoisotopic (exact) mass is 372 g/mol. The molecule has 26 heavy (non-hydrogen) atoms. The summed E-state index contributed by atoms with van der Waals surface area (Å²) in [5.41, 5.74) is 0.998. The third-order valence-electron chi connectivity index (χ3n) is 4.81. The normalized spacial score (nSPS) is 16.8. The van der Waals surface area contributed by atoms with Gasteiger partial charge in [0.15, 0.2) is 9.84 Å². The predicted octanol–water partition coefficient (Wildman–Crippen LogP) is 2.81. The maximum Gasteiger partial charge on any atom is 0.261 e. The van der Waals surface area contributed by atoms with Gasteiger partial charge in [-0.05, 0) is 37.6 Å². The Kier molecular flexibility index (Phi) is 3.91. The molecule has 1 aliphatic heterocycles. The summed E-state index contributed by atoms with van der Waals surface area (Å²) in [7, 11) is -3.51. The van der Waals surface area contributed by atoms with E-state index in [1.807, 2.05) is 6.92 Å². The molecule has 1 aromatic heterocycles. The van der Waals surface area contributed by atoms with Crippen LogP contribution in [0.5, 0.6) is 0 Å². The molecule has 0 saturated heterocycles. The van der Waals surface area contributed by atoms with Gasteiger partial charge in [-0.3, -0.25) is 9.36 Å². The molecule has 0 amide bonds. The van der Waals surface area contributed by atoms with Crippen molar-refractivity contribution < 1.29 is 12.8 Å². The van der Waals surface area contributed by atoms with Crippen LogP contribution in [0.2, 0.25) is 0 Å². The summed E-state index contributed by atoms with van der Waals surface area (Å²) in [6, 6.07) is 10.6. The molecule has 5 nitrogen and oxygen atoms in total. The summed E-state index contributed by atoms with van der Waals surface area (Å²) >= 11 is 0. The molecular weight excluding hydrogens is 355 g/mol. The first-order valence-electron chi connectivity index (χ1n) is 8.34. The minimum absolute atomic E-state index is 0.122. The third kappa shape index (κ3) is 2.82. The van der Waals surface area contributed by atoms with Crippen molar-refractivity contribution in [2.45, 2.75) is 30.7 Å². The fraction of sp³-hybridized carbons (Fsp3) is 0.263. The number of aromatic nitrogens is 2. The van der Waals surface area contributed by atoms with E-state index in [0.717, 1.165) is 5.56 Å². The highest BCUT2D eigenvalue weighted by Crippen LogP contribution is 2.29. The van der Waals surface area contributed by atoms with Crippen molar-refractivity contribution in [3.05, 3.63) is 70.0 Å². The lowest BCUT2D eigenvalue weighted by Gasteiger charge is -2.12. The summed E-state index contributed by atoms with van der Waals surface area (Å²) in [5.74, 6) is -0.565. The summed E-state index contributed by atoms with van der Waals surface area (Å²) in [5, 5.41) is 0.345. The molecule has 4 rings (SSSR count). The van der Waals surface area contributed by atoms with E-state index in [1.165, 1.54) is 22.8 Å². The highest BCUT2D eigenvalue weighted by atomic mass is 32.2. The molecule has 1 unspecified atom stereocenters. The van der Waals surface area contributed by atoms with Gasteiger partial charge in [0.2, 0.25) is 0 Å². The van der Waals surface area contributed by atoms with Crippen LogP contribution in [0, 0.1) is 12.7 Å². The maximum absolute atomic E-state index is 13.5. The number of nitrogens with zero attached hydrogens (tertiary/aromatic N) is 2. The number of hydrogen-bond acceptors (Lipinski definition) is 4. The summed E-state index contributed by atoms with van der Waals surface area (Å²) in [4.78, 5) is 17.3. The van der Waals surface area contributed by atoms with E-state index >= 15 is 0 Å². The Morgan fingerprint density at radius 1 is 1.19 bits per heavy atom. The fourth-order valence-electron chi connectivity index (χ4n) is 3.42. The average molecular weight is 372 g/mol. The van der Waals surface area contributed by atoms with Crippen LogP contribution in [0.15, 0.2) is 52.2 Å². The standard InChI is InChI=1S/C19H17FN2O3S/c1-12-2-5-15(6-3-12)26(24,25)11-13-8-9-22-18(13)21-17-10-14(20)4-7-16(17)19(22)23/h2-7,10,13H,8-9,11H2,1H3. The van der Waals surface area contributed by atoms with Crippen LogP contribution in [-0.4, -0.2) is 23.7 Å². The van der Waals surface area contributed by atoms with Crippen molar-refractivity contribution >= 4 is 20.7 Å². The molecule has 2 heterocycles. The van der Waals surface area contributed by atoms with Crippen LogP contribution in [0.4, 0.5) is 4.39 Å². The Balaban J connectivity index is 1.75. The summed E-state index contributed by atoms with van der Waals surface area (Å²) < 4.78 is 40.5. The van der Waals surface area contributed by atoms with Gasteiger partial charge in [0.25, 0.3) is 5.56 Å². The second-order valence-corrected chi connectivity index (χ2v) is 8.70. The van der Waals surface area contributed by atoms with Crippen molar-refractivity contribution in [3.8, 4) is 0 Å². The van der Waals surface area contributed by atoms with E-state index in [4.69, 9.17) is 0 Å². The van der Waals surface area contributed by atoms with Crippen molar-refractivity contribution in [1.82, 2.24) is 9.55 Å². The van der Waals surface area contributed by atoms with Gasteiger partial charge in [0.05, 0.1) is 21.6 Å². The number of rotatable bonds is 3. The SMILES string of the molecule is Cc1ccc(S(=O)(=O)CC2CCn3c2nc2cc(F)ccc2c3=O)cc1. The van der Waals surface area contributed by atoms with Gasteiger partial charge in [-0.2, -0.15) is 0 Å². The van der Waals surface area contributed by atoms with E-state index in [-0.39, 0.29) is 27.6 Å². The van der Waals surface area contributed by atoms with Gasteiger partial charge in [-0.25, -0.2) is 17.8 Å². The molecule has 0 spiro atoms. The molecule has 0 saturated carbocycles. The van der Waals surface area contributed by atoms with Crippen molar-refractivity contribution in [2.24, 2.45) is 0 Å². The Bertz CT molecular complexity index is 1170. The van der Waals surface area contributed by atoms with Gasteiger partial charge >= 0.3 is 0 Å². The minimum Gasteiger partial charge on any atom is -0.296 e. The third-order valence-corrected chi connectivity index (χ3v) is 6.65. The lowest BCUT2D eigenvalue weighted by molar-refractivity contribution is 0.585. The number of sulfone groups is 1. The molecule has 0 radical (unpaired) electrons. The molecule has 0 bridgehead atoms. The number of fused-ring (bicyclic) bond motifs is 2. The van der Waals surface area contributed by atoms with Crippen LogP contribution in [-0.2, 0) is 16.4 Å². The van der Waals surface area contributed by atoms with Crippen molar-refractivity contribution in [1.29, 1.82) is 0 Å². The van der Waals surface area contributed by atoms with Gasteiger partial charge in [0, 0.05) is 18.5 Å². The first-order valence-corrected chi connectivity index (χ1v) is 10.00. The number of hydrogen-bond donors (Lipinski definition) is 0. The largest absolute Gasteiger partial charge is 0.296 e. The molecular formula is C19H17FN2O3S. The minimum atomic E-state index is -3.51. The molecule has 0 N–H and O–H groups in total. The van der Waals surface area contributed by atoms with E-state index in [2.05, 4.69) is 4.98 Å². The van der Waals surface area contributed by atoms with Crippen LogP contribution in [0.1, 0.15) is 23.7 Å². The topological polar surface area (TPSA) is 69.0 Å². The van der Waals surface area contributed by atoms with Crippen LogP contribution in [0.25, 0.3) is 10.9 Å². The van der Waals surface area contributed by atoms with Gasteiger partial charge in [-0.15, -0.1) is 0 Å². The zero-order valence-electron chi connectivity index (χ0n) is 14.1. The number of benzene rings is 2. The Hall–Kier alpha value is -2.54. The van der Waals surface area contributed by atoms with Crippen LogP contribution >= 0.6 is 0 Å². The first-order chi connectivity index (χ1) is 12.3. The molecule has 1 atom stereocenters. The Labute approximate surface area is 150 Å². The van der Waals surface area contributed by atoms with E-state index < -0.39 is 15.7 Å². The van der Waals surface area contributed by atoms with Gasteiger partial charge < -0.3 is 0 Å². The molecule has 134 valence electrons. The number of aryl methyl sites for hydroxylation is 1. The second-order valence-electron chi connectivity index (χ2n) is 6.67. The lowest BCUT2D eigenvalue weighted by Crippen LogP contribution is -2.22. The maximum atomic E-state index is 13.5. The van der Waals surface area contributed by atoms with Crippen molar-refractivity contribution in [3.63, 3.8) is 0 Å². The molecule has 7 heteroatoms. The fourth-order valence-corrected chi connectivity index (χ4v) is 5.01. The molecule has 0 fully saturated rings. The quantitative estimate of drug-likeness (QED) is 0.709. The first kappa shape index (κ1) is 16.9. The van der Waals surface area contributed by atoms with E-state index in [1.54, 1.807) is 24.3 Å². The van der Waals surface area contributed by atoms with Crippen LogP contribution < -0.4 is 5.56 Å². The van der Waals surface area contributed by atoms with E-state index in [9.17, 15) is 17.6 Å². The molecule has 1 aliphatic rings. The number of halogens is 1. The summed E-state index contributed by atoms with van der Waals surface area (Å²) in [6.07, 6.45) is 0.520. The van der Waals surface area contributed by atoms with E-state index in [0.29, 0.717) is 24.2 Å². The van der Waals surface area contributed by atoms with Gasteiger partial charge in [0.1, 0.15) is 11.6 Å².